The zero-order valence-electron chi connectivity index (χ0n) is 12.5. The van der Waals surface area contributed by atoms with E-state index in [2.05, 4.69) is 11.7 Å². The molecule has 112 valence electrons. The molecule has 0 fully saturated rings. The Balaban J connectivity index is 3.83. The molecule has 1 atom stereocenters. The smallest absolute Gasteiger partial charge is 0.322 e. The summed E-state index contributed by atoms with van der Waals surface area (Å²) in [6, 6.07) is 0. The third-order valence-electron chi connectivity index (χ3n) is 3.64. The van der Waals surface area contributed by atoms with Gasteiger partial charge in [0.2, 0.25) is 0 Å². The molecular weight excluding hydrogens is 244 g/mol. The van der Waals surface area contributed by atoms with Gasteiger partial charge in [0.1, 0.15) is 0 Å². The van der Waals surface area contributed by atoms with E-state index in [4.69, 9.17) is 5.11 Å². The molecule has 0 spiro atoms. The van der Waals surface area contributed by atoms with Crippen LogP contribution in [0.15, 0.2) is 0 Å². The highest BCUT2D eigenvalue weighted by molar-refractivity contribution is 5.98. The molecule has 1 unspecified atom stereocenters. The van der Waals surface area contributed by atoms with Gasteiger partial charge in [0.05, 0.1) is 7.11 Å². The van der Waals surface area contributed by atoms with E-state index in [9.17, 15) is 9.59 Å². The summed E-state index contributed by atoms with van der Waals surface area (Å²) in [5.74, 6) is -1.75. The number of rotatable bonds is 11. The number of carboxylic acids is 1. The zero-order chi connectivity index (χ0) is 14.7. The normalized spacial score (nSPS) is 13.8. The molecule has 4 heteroatoms. The molecule has 19 heavy (non-hydrogen) atoms. The van der Waals surface area contributed by atoms with Crippen LogP contribution in [0.1, 0.15) is 71.6 Å². The summed E-state index contributed by atoms with van der Waals surface area (Å²) < 4.78 is 4.58. The number of ether oxygens (including phenoxy) is 1. The molecule has 0 aromatic carbocycles. The fraction of sp³-hybridized carbons (Fsp3) is 0.867. The van der Waals surface area contributed by atoms with Crippen LogP contribution < -0.4 is 0 Å². The minimum atomic E-state index is -1.39. The number of carbonyl (C=O) groups excluding carboxylic acids is 1. The van der Waals surface area contributed by atoms with Crippen LogP contribution in [-0.4, -0.2) is 24.2 Å². The predicted octanol–water partition coefficient (Wildman–Crippen LogP) is 3.78. The fourth-order valence-corrected chi connectivity index (χ4v) is 2.13. The Morgan fingerprint density at radius 3 is 1.89 bits per heavy atom. The first-order chi connectivity index (χ1) is 8.99. The Labute approximate surface area is 116 Å². The summed E-state index contributed by atoms with van der Waals surface area (Å²) in [4.78, 5) is 22.7. The summed E-state index contributed by atoms with van der Waals surface area (Å²) >= 11 is 0. The van der Waals surface area contributed by atoms with Crippen molar-refractivity contribution in [2.24, 2.45) is 5.41 Å². The van der Waals surface area contributed by atoms with Gasteiger partial charge in [0.15, 0.2) is 5.41 Å². The van der Waals surface area contributed by atoms with Crippen molar-refractivity contribution in [3.05, 3.63) is 0 Å². The molecule has 4 nitrogen and oxygen atoms in total. The lowest BCUT2D eigenvalue weighted by Gasteiger charge is -2.21. The van der Waals surface area contributed by atoms with Crippen molar-refractivity contribution in [1.82, 2.24) is 0 Å². The van der Waals surface area contributed by atoms with Gasteiger partial charge >= 0.3 is 11.9 Å². The van der Waals surface area contributed by atoms with Gasteiger partial charge < -0.3 is 9.84 Å². The lowest BCUT2D eigenvalue weighted by molar-refractivity contribution is -0.166. The standard InChI is InChI=1S/C15H28O4/c1-4-5-6-7-8-9-10-11-12-15(2,13(16)17)14(18)19-3/h4-12H2,1-3H3,(H,16,17). The number of aliphatic carboxylic acids is 1. The first-order valence-electron chi connectivity index (χ1n) is 7.30. The van der Waals surface area contributed by atoms with Gasteiger partial charge in [-0.05, 0) is 13.3 Å². The molecular formula is C15H28O4. The van der Waals surface area contributed by atoms with Gasteiger partial charge in [-0.3, -0.25) is 9.59 Å². The highest BCUT2D eigenvalue weighted by Crippen LogP contribution is 2.27. The van der Waals surface area contributed by atoms with Crippen LogP contribution in [0.25, 0.3) is 0 Å². The first kappa shape index (κ1) is 17.9. The van der Waals surface area contributed by atoms with Gasteiger partial charge in [0, 0.05) is 0 Å². The molecule has 0 aromatic rings. The van der Waals surface area contributed by atoms with Gasteiger partial charge in [-0.1, -0.05) is 58.3 Å². The lowest BCUT2D eigenvalue weighted by Crippen LogP contribution is -2.37. The topological polar surface area (TPSA) is 63.6 Å². The monoisotopic (exact) mass is 272 g/mol. The molecule has 0 heterocycles. The van der Waals surface area contributed by atoms with Gasteiger partial charge in [0.25, 0.3) is 0 Å². The minimum Gasteiger partial charge on any atom is -0.480 e. The van der Waals surface area contributed by atoms with Crippen LogP contribution in [0.5, 0.6) is 0 Å². The molecule has 0 saturated heterocycles. The van der Waals surface area contributed by atoms with Crippen molar-refractivity contribution in [1.29, 1.82) is 0 Å². The minimum absolute atomic E-state index is 0.351. The van der Waals surface area contributed by atoms with Crippen molar-refractivity contribution < 1.29 is 19.4 Å². The summed E-state index contributed by atoms with van der Waals surface area (Å²) in [6.07, 6.45) is 9.46. The van der Waals surface area contributed by atoms with E-state index in [1.165, 1.54) is 46.1 Å². The van der Waals surface area contributed by atoms with E-state index in [0.717, 1.165) is 19.3 Å². The van der Waals surface area contributed by atoms with Gasteiger partial charge in [-0.2, -0.15) is 0 Å². The van der Waals surface area contributed by atoms with Crippen molar-refractivity contribution >= 4 is 11.9 Å². The molecule has 0 bridgehead atoms. The molecule has 0 aromatic heterocycles. The number of methoxy groups -OCH3 is 1. The lowest BCUT2D eigenvalue weighted by atomic mass is 9.84. The second kappa shape index (κ2) is 9.82. The van der Waals surface area contributed by atoms with Crippen molar-refractivity contribution in [3.63, 3.8) is 0 Å². The maximum atomic E-state index is 11.5. The van der Waals surface area contributed by atoms with Crippen LogP contribution in [0.2, 0.25) is 0 Å². The molecule has 0 aliphatic carbocycles. The van der Waals surface area contributed by atoms with Crippen LogP contribution >= 0.6 is 0 Å². The average molecular weight is 272 g/mol. The average Bonchev–Trinajstić information content (AvgIpc) is 2.40. The SMILES string of the molecule is CCCCCCCCCCC(C)(C(=O)O)C(=O)OC. The zero-order valence-corrected chi connectivity index (χ0v) is 12.5. The molecule has 0 aliphatic heterocycles. The maximum absolute atomic E-state index is 11.5. The maximum Gasteiger partial charge on any atom is 0.322 e. The highest BCUT2D eigenvalue weighted by Gasteiger charge is 2.41. The van der Waals surface area contributed by atoms with Crippen LogP contribution in [0, 0.1) is 5.41 Å². The van der Waals surface area contributed by atoms with E-state index >= 15 is 0 Å². The van der Waals surface area contributed by atoms with Crippen molar-refractivity contribution in [2.75, 3.05) is 7.11 Å². The molecule has 0 aliphatic rings. The van der Waals surface area contributed by atoms with E-state index < -0.39 is 17.4 Å². The predicted molar refractivity (Wildman–Crippen MR) is 75.0 cm³/mol. The van der Waals surface area contributed by atoms with E-state index in [1.807, 2.05) is 0 Å². The summed E-state index contributed by atoms with van der Waals surface area (Å²) in [6.45, 7) is 3.64. The number of hydrogen-bond donors (Lipinski definition) is 1. The molecule has 1 N–H and O–H groups in total. The second-order valence-electron chi connectivity index (χ2n) is 5.35. The molecule has 0 radical (unpaired) electrons. The third kappa shape index (κ3) is 6.60. The van der Waals surface area contributed by atoms with E-state index in [0.29, 0.717) is 6.42 Å². The Hall–Kier alpha value is -1.06. The van der Waals surface area contributed by atoms with Gasteiger partial charge in [-0.15, -0.1) is 0 Å². The van der Waals surface area contributed by atoms with E-state index in [1.54, 1.807) is 0 Å². The number of carboxylic acid groups (broad SMARTS) is 1. The number of hydrogen-bond acceptors (Lipinski definition) is 3. The number of unbranched alkanes of at least 4 members (excludes halogenated alkanes) is 7. The quantitative estimate of drug-likeness (QED) is 0.353. The van der Waals surface area contributed by atoms with Gasteiger partial charge in [-0.25, -0.2) is 0 Å². The van der Waals surface area contributed by atoms with Crippen molar-refractivity contribution in [2.45, 2.75) is 71.6 Å². The highest BCUT2D eigenvalue weighted by atomic mass is 16.5. The first-order valence-corrected chi connectivity index (χ1v) is 7.30. The molecule has 0 amide bonds. The number of carbonyl (C=O) groups is 2. The summed E-state index contributed by atoms with van der Waals surface area (Å²) in [5.41, 5.74) is -1.39. The second-order valence-corrected chi connectivity index (χ2v) is 5.35. The Bertz CT molecular complexity index is 275. The van der Waals surface area contributed by atoms with E-state index in [-0.39, 0.29) is 0 Å². The Morgan fingerprint density at radius 1 is 1.00 bits per heavy atom. The Morgan fingerprint density at radius 2 is 1.47 bits per heavy atom. The molecule has 0 rings (SSSR count). The van der Waals surface area contributed by atoms with Crippen LogP contribution in [-0.2, 0) is 14.3 Å². The van der Waals surface area contributed by atoms with Crippen LogP contribution in [0.3, 0.4) is 0 Å². The molecule has 0 saturated carbocycles. The largest absolute Gasteiger partial charge is 0.480 e. The van der Waals surface area contributed by atoms with Crippen LogP contribution in [0.4, 0.5) is 0 Å². The fourth-order valence-electron chi connectivity index (χ4n) is 2.13. The Kier molecular flexibility index (Phi) is 9.27. The number of esters is 1. The summed E-state index contributed by atoms with van der Waals surface area (Å²) in [5, 5.41) is 9.13. The summed E-state index contributed by atoms with van der Waals surface area (Å²) in [7, 11) is 1.23. The third-order valence-corrected chi connectivity index (χ3v) is 3.64. The van der Waals surface area contributed by atoms with Crippen molar-refractivity contribution in [3.8, 4) is 0 Å².